The van der Waals surface area contributed by atoms with Gasteiger partial charge >= 0.3 is 0 Å². The molecule has 0 saturated carbocycles. The number of unbranched alkanes of at least 4 members (excludes halogenated alkanes) is 1. The topological polar surface area (TPSA) is 58.6 Å². The first-order valence-corrected chi connectivity index (χ1v) is 12.5. The molecule has 3 aromatic carbocycles. The van der Waals surface area contributed by atoms with E-state index in [1.165, 1.54) is 17.0 Å². The molecule has 0 aliphatic carbocycles. The van der Waals surface area contributed by atoms with Gasteiger partial charge < -0.3 is 15.0 Å². The Morgan fingerprint density at radius 3 is 2.42 bits per heavy atom. The predicted molar refractivity (Wildman–Crippen MR) is 140 cm³/mol. The summed E-state index contributed by atoms with van der Waals surface area (Å²) in [6.07, 6.45) is 2.12. The molecule has 0 spiro atoms. The molecule has 190 valence electrons. The minimum absolute atomic E-state index is 0.140. The van der Waals surface area contributed by atoms with Crippen LogP contribution in [0.15, 0.2) is 72.8 Å². The lowest BCUT2D eigenvalue weighted by Gasteiger charge is -2.31. The Labute approximate surface area is 217 Å². The summed E-state index contributed by atoms with van der Waals surface area (Å²) in [4.78, 5) is 28.4. The third-order valence-electron chi connectivity index (χ3n) is 5.86. The number of hydrogen-bond donors (Lipinski definition) is 1. The van der Waals surface area contributed by atoms with Gasteiger partial charge in [-0.25, -0.2) is 4.39 Å². The number of halogens is 2. The maximum absolute atomic E-state index is 13.5. The van der Waals surface area contributed by atoms with Crippen LogP contribution in [0.3, 0.4) is 0 Å². The molecule has 1 unspecified atom stereocenters. The van der Waals surface area contributed by atoms with Crippen LogP contribution in [0, 0.1) is 12.7 Å². The van der Waals surface area contributed by atoms with Crippen LogP contribution in [0.2, 0.25) is 5.02 Å². The van der Waals surface area contributed by atoms with Gasteiger partial charge in [0, 0.05) is 24.5 Å². The summed E-state index contributed by atoms with van der Waals surface area (Å²) in [7, 11) is 0. The Morgan fingerprint density at radius 2 is 1.75 bits per heavy atom. The van der Waals surface area contributed by atoms with Gasteiger partial charge in [-0.1, -0.05) is 67.4 Å². The fraction of sp³-hybridized carbons (Fsp3) is 0.310. The lowest BCUT2D eigenvalue weighted by molar-refractivity contribution is -0.142. The highest BCUT2D eigenvalue weighted by molar-refractivity contribution is 6.31. The van der Waals surface area contributed by atoms with Crippen LogP contribution in [0.1, 0.15) is 36.5 Å². The number of carbonyl (C=O) groups excluding carboxylic acids is 2. The van der Waals surface area contributed by atoms with Crippen LogP contribution in [0.4, 0.5) is 4.39 Å². The minimum Gasteiger partial charge on any atom is -0.484 e. The van der Waals surface area contributed by atoms with E-state index in [0.29, 0.717) is 29.3 Å². The number of carbonyl (C=O) groups is 2. The Morgan fingerprint density at radius 1 is 1.03 bits per heavy atom. The van der Waals surface area contributed by atoms with Crippen molar-refractivity contribution in [2.75, 3.05) is 13.2 Å². The van der Waals surface area contributed by atoms with Crippen LogP contribution in [0.5, 0.6) is 5.75 Å². The molecule has 0 aromatic heterocycles. The number of aryl methyl sites for hydroxylation is 1. The summed E-state index contributed by atoms with van der Waals surface area (Å²) in [5.41, 5.74) is 2.48. The van der Waals surface area contributed by atoms with Crippen molar-refractivity contribution in [2.45, 2.75) is 45.7 Å². The number of ether oxygens (including phenoxy) is 1. The van der Waals surface area contributed by atoms with Crippen molar-refractivity contribution < 1.29 is 18.7 Å². The summed E-state index contributed by atoms with van der Waals surface area (Å²) >= 11 is 6.10. The molecule has 3 aromatic rings. The highest BCUT2D eigenvalue weighted by Crippen LogP contribution is 2.22. The Hall–Kier alpha value is -3.38. The normalized spacial score (nSPS) is 11.6. The van der Waals surface area contributed by atoms with Gasteiger partial charge in [0.25, 0.3) is 5.91 Å². The Bertz CT molecular complexity index is 1140. The van der Waals surface area contributed by atoms with Gasteiger partial charge in [-0.2, -0.15) is 0 Å². The zero-order valence-corrected chi connectivity index (χ0v) is 21.4. The predicted octanol–water partition coefficient (Wildman–Crippen LogP) is 5.72. The lowest BCUT2D eigenvalue weighted by Crippen LogP contribution is -2.51. The largest absolute Gasteiger partial charge is 0.484 e. The van der Waals surface area contributed by atoms with Crippen molar-refractivity contribution in [3.63, 3.8) is 0 Å². The van der Waals surface area contributed by atoms with Crippen LogP contribution >= 0.6 is 11.6 Å². The van der Waals surface area contributed by atoms with Crippen LogP contribution in [-0.4, -0.2) is 35.9 Å². The first kappa shape index (κ1) is 27.2. The van der Waals surface area contributed by atoms with Gasteiger partial charge in [-0.15, -0.1) is 0 Å². The summed E-state index contributed by atoms with van der Waals surface area (Å²) < 4.78 is 19.3. The maximum Gasteiger partial charge on any atom is 0.261 e. The molecule has 3 rings (SSSR count). The van der Waals surface area contributed by atoms with Crippen molar-refractivity contribution in [2.24, 2.45) is 0 Å². The average Bonchev–Trinajstić information content (AvgIpc) is 2.88. The first-order chi connectivity index (χ1) is 17.4. The molecule has 0 aliphatic rings. The van der Waals surface area contributed by atoms with E-state index in [0.717, 1.165) is 24.0 Å². The monoisotopic (exact) mass is 510 g/mol. The highest BCUT2D eigenvalue weighted by atomic mass is 35.5. The van der Waals surface area contributed by atoms with Crippen molar-refractivity contribution in [1.82, 2.24) is 10.2 Å². The summed E-state index contributed by atoms with van der Waals surface area (Å²) in [5, 5.41) is 3.58. The molecular weight excluding hydrogens is 479 g/mol. The van der Waals surface area contributed by atoms with E-state index in [9.17, 15) is 14.0 Å². The van der Waals surface area contributed by atoms with Crippen molar-refractivity contribution >= 4 is 23.4 Å². The second-order valence-electron chi connectivity index (χ2n) is 8.70. The van der Waals surface area contributed by atoms with Gasteiger partial charge in [0.05, 0.1) is 0 Å². The molecule has 0 radical (unpaired) electrons. The molecule has 7 heteroatoms. The number of nitrogens with zero attached hydrogens (tertiary/aromatic N) is 1. The van der Waals surface area contributed by atoms with Gasteiger partial charge in [0.1, 0.15) is 17.6 Å². The van der Waals surface area contributed by atoms with Crippen molar-refractivity contribution in [3.8, 4) is 5.75 Å². The zero-order chi connectivity index (χ0) is 25.9. The average molecular weight is 511 g/mol. The Balaban J connectivity index is 1.88. The number of benzene rings is 3. The minimum atomic E-state index is -0.766. The molecule has 5 nitrogen and oxygen atoms in total. The summed E-state index contributed by atoms with van der Waals surface area (Å²) in [6, 6.07) is 19.9. The lowest BCUT2D eigenvalue weighted by atomic mass is 10.0. The number of hydrogen-bond acceptors (Lipinski definition) is 3. The van der Waals surface area contributed by atoms with Gasteiger partial charge in [0.15, 0.2) is 6.61 Å². The number of amides is 2. The molecule has 1 atom stereocenters. The summed E-state index contributed by atoms with van der Waals surface area (Å²) in [6.45, 7) is 4.32. The smallest absolute Gasteiger partial charge is 0.261 e. The van der Waals surface area contributed by atoms with E-state index in [2.05, 4.69) is 5.32 Å². The van der Waals surface area contributed by atoms with Gasteiger partial charge in [-0.3, -0.25) is 9.59 Å². The third-order valence-corrected chi connectivity index (χ3v) is 6.28. The number of rotatable bonds is 12. The standard InChI is InChI=1S/C29H32ClFN2O3/c1-3-4-16-32-29(35)27(18-22-8-6-5-7-9-22)33(19-23-10-12-24(31)13-11-23)28(34)20-36-25-14-15-26(30)21(2)17-25/h5-15,17,27H,3-4,16,18-20H2,1-2H3,(H,32,35). The van der Waals surface area contributed by atoms with E-state index in [1.54, 1.807) is 30.3 Å². The molecule has 0 heterocycles. The van der Waals surface area contributed by atoms with Gasteiger partial charge in [-0.05, 0) is 60.4 Å². The fourth-order valence-corrected chi connectivity index (χ4v) is 3.90. The molecule has 0 aliphatic heterocycles. The third kappa shape index (κ3) is 8.09. The molecule has 0 saturated heterocycles. The van der Waals surface area contributed by atoms with Crippen LogP contribution < -0.4 is 10.1 Å². The van der Waals surface area contributed by atoms with Crippen LogP contribution in [0.25, 0.3) is 0 Å². The second-order valence-corrected chi connectivity index (χ2v) is 9.11. The van der Waals surface area contributed by atoms with Crippen molar-refractivity contribution in [3.05, 3.63) is 100 Å². The highest BCUT2D eigenvalue weighted by Gasteiger charge is 2.30. The van der Waals surface area contributed by atoms with E-state index >= 15 is 0 Å². The second kappa shape index (κ2) is 13.6. The molecule has 0 fully saturated rings. The molecular formula is C29H32ClFN2O3. The van der Waals surface area contributed by atoms with E-state index < -0.39 is 6.04 Å². The first-order valence-electron chi connectivity index (χ1n) is 12.1. The SMILES string of the molecule is CCCCNC(=O)C(Cc1ccccc1)N(Cc1ccc(F)cc1)C(=O)COc1ccc(Cl)c(C)c1. The number of nitrogens with one attached hydrogen (secondary N) is 1. The summed E-state index contributed by atoms with van der Waals surface area (Å²) in [5.74, 6) is -0.432. The zero-order valence-electron chi connectivity index (χ0n) is 20.7. The van der Waals surface area contributed by atoms with E-state index in [-0.39, 0.29) is 30.8 Å². The molecule has 1 N–H and O–H groups in total. The quantitative estimate of drug-likeness (QED) is 0.317. The van der Waals surface area contributed by atoms with E-state index in [4.69, 9.17) is 16.3 Å². The molecule has 36 heavy (non-hydrogen) atoms. The van der Waals surface area contributed by atoms with Crippen LogP contribution in [-0.2, 0) is 22.6 Å². The van der Waals surface area contributed by atoms with Crippen molar-refractivity contribution in [1.29, 1.82) is 0 Å². The molecule has 0 bridgehead atoms. The van der Waals surface area contributed by atoms with Gasteiger partial charge in [0.2, 0.25) is 5.91 Å². The molecule has 2 amide bonds. The Kier molecular flexibility index (Phi) is 10.3. The maximum atomic E-state index is 13.5. The fourth-order valence-electron chi connectivity index (χ4n) is 3.78. The van der Waals surface area contributed by atoms with E-state index in [1.807, 2.05) is 44.2 Å².